The Bertz CT molecular complexity index is 564. The van der Waals surface area contributed by atoms with Gasteiger partial charge in [-0.3, -0.25) is 10.1 Å². The van der Waals surface area contributed by atoms with Gasteiger partial charge in [-0.25, -0.2) is 0 Å². The van der Waals surface area contributed by atoms with Crippen LogP contribution in [-0.4, -0.2) is 16.8 Å². The van der Waals surface area contributed by atoms with Gasteiger partial charge in [-0.15, -0.1) is 11.8 Å². The summed E-state index contributed by atoms with van der Waals surface area (Å²) in [5, 5.41) is 6.41. The predicted molar refractivity (Wildman–Crippen MR) is 81.0 cm³/mol. The molecule has 0 aliphatic heterocycles. The molecule has 1 aromatic heterocycles. The molecule has 0 radical (unpaired) electrons. The number of carbonyl (C=O) groups is 1. The Hall–Kier alpha value is -1.75. The fraction of sp³-hybridized carbons (Fsp3) is 0.333. The average Bonchev–Trinajstić information content (AvgIpc) is 2.82. The van der Waals surface area contributed by atoms with Gasteiger partial charge in [0.2, 0.25) is 11.8 Å². The molecule has 0 saturated heterocycles. The molecule has 0 saturated carbocycles. The topological polar surface area (TPSA) is 55.1 Å². The summed E-state index contributed by atoms with van der Waals surface area (Å²) in [4.78, 5) is 12.9. The Kier molecular flexibility index (Phi) is 5.24. The number of amides is 1. The van der Waals surface area contributed by atoms with Crippen LogP contribution in [0.25, 0.3) is 0 Å². The summed E-state index contributed by atoms with van der Waals surface area (Å²) in [6.45, 7) is 3.89. The molecule has 1 amide bonds. The molecular formula is C15H18N2O2S. The normalized spacial score (nSPS) is 10.5. The standard InChI is InChI=1S/C15H18N2O2S/c1-11-5-7-13(8-6-11)20-9-3-4-14(18)16-15-10-12(2)17-19-15/h5-8,10H,3-4,9H2,1-2H3,(H,16,18). The SMILES string of the molecule is Cc1ccc(SCCCC(=O)Nc2cc(C)no2)cc1. The van der Waals surface area contributed by atoms with Crippen LogP contribution in [0.1, 0.15) is 24.1 Å². The van der Waals surface area contributed by atoms with E-state index in [1.54, 1.807) is 17.8 Å². The van der Waals surface area contributed by atoms with Crippen molar-refractivity contribution in [3.63, 3.8) is 0 Å². The number of thioether (sulfide) groups is 1. The number of nitrogens with zero attached hydrogens (tertiary/aromatic N) is 1. The summed E-state index contributed by atoms with van der Waals surface area (Å²) in [7, 11) is 0. The van der Waals surface area contributed by atoms with Gasteiger partial charge in [0.05, 0.1) is 5.69 Å². The molecule has 0 bridgehead atoms. The maximum absolute atomic E-state index is 11.7. The number of hydrogen-bond donors (Lipinski definition) is 1. The van der Waals surface area contributed by atoms with Crippen molar-refractivity contribution in [3.05, 3.63) is 41.6 Å². The molecule has 0 aliphatic rings. The Morgan fingerprint density at radius 1 is 1.30 bits per heavy atom. The third kappa shape index (κ3) is 4.74. The minimum absolute atomic E-state index is 0.0364. The maximum Gasteiger partial charge on any atom is 0.231 e. The number of hydrogen-bond acceptors (Lipinski definition) is 4. The molecule has 20 heavy (non-hydrogen) atoms. The summed E-state index contributed by atoms with van der Waals surface area (Å²) in [6, 6.07) is 10.1. The molecule has 2 aromatic rings. The van der Waals surface area contributed by atoms with E-state index in [4.69, 9.17) is 4.52 Å². The molecule has 1 N–H and O–H groups in total. The largest absolute Gasteiger partial charge is 0.338 e. The van der Waals surface area contributed by atoms with Gasteiger partial charge >= 0.3 is 0 Å². The first-order valence-electron chi connectivity index (χ1n) is 6.56. The maximum atomic E-state index is 11.7. The molecule has 5 heteroatoms. The van der Waals surface area contributed by atoms with Gasteiger partial charge < -0.3 is 4.52 Å². The fourth-order valence-electron chi connectivity index (χ4n) is 1.68. The minimum atomic E-state index is -0.0364. The van der Waals surface area contributed by atoms with Crippen LogP contribution in [0, 0.1) is 13.8 Å². The molecule has 0 unspecified atom stereocenters. The second-order valence-electron chi connectivity index (χ2n) is 4.65. The van der Waals surface area contributed by atoms with Gasteiger partial charge in [0.15, 0.2) is 0 Å². The van der Waals surface area contributed by atoms with Crippen LogP contribution < -0.4 is 5.32 Å². The van der Waals surface area contributed by atoms with E-state index in [0.29, 0.717) is 12.3 Å². The number of anilines is 1. The predicted octanol–water partition coefficient (Wildman–Crippen LogP) is 3.80. The lowest BCUT2D eigenvalue weighted by molar-refractivity contribution is -0.116. The van der Waals surface area contributed by atoms with Crippen LogP contribution in [0.15, 0.2) is 39.8 Å². The molecule has 0 spiro atoms. The van der Waals surface area contributed by atoms with Gasteiger partial charge in [-0.05, 0) is 38.2 Å². The van der Waals surface area contributed by atoms with Crippen molar-refractivity contribution in [3.8, 4) is 0 Å². The average molecular weight is 290 g/mol. The second-order valence-corrected chi connectivity index (χ2v) is 5.81. The summed E-state index contributed by atoms with van der Waals surface area (Å²) in [5.74, 6) is 1.30. The molecule has 106 valence electrons. The molecule has 0 aliphatic carbocycles. The van der Waals surface area contributed by atoms with Crippen molar-refractivity contribution in [2.45, 2.75) is 31.6 Å². The zero-order chi connectivity index (χ0) is 14.4. The highest BCUT2D eigenvalue weighted by atomic mass is 32.2. The number of carbonyl (C=O) groups excluding carboxylic acids is 1. The molecule has 2 rings (SSSR count). The van der Waals surface area contributed by atoms with Crippen LogP contribution in [0.5, 0.6) is 0 Å². The van der Waals surface area contributed by atoms with Crippen molar-refractivity contribution >= 4 is 23.6 Å². The van der Waals surface area contributed by atoms with Crippen molar-refractivity contribution in [2.75, 3.05) is 11.1 Å². The Balaban J connectivity index is 1.65. The van der Waals surface area contributed by atoms with E-state index >= 15 is 0 Å². The van der Waals surface area contributed by atoms with E-state index in [1.807, 2.05) is 6.92 Å². The zero-order valence-corrected chi connectivity index (χ0v) is 12.5. The van der Waals surface area contributed by atoms with Gasteiger partial charge in [0.25, 0.3) is 0 Å². The number of aryl methyl sites for hydroxylation is 2. The smallest absolute Gasteiger partial charge is 0.231 e. The van der Waals surface area contributed by atoms with E-state index in [1.165, 1.54) is 10.5 Å². The van der Waals surface area contributed by atoms with E-state index in [-0.39, 0.29) is 5.91 Å². The molecule has 0 fully saturated rings. The lowest BCUT2D eigenvalue weighted by atomic mass is 10.2. The van der Waals surface area contributed by atoms with Crippen LogP contribution >= 0.6 is 11.8 Å². The highest BCUT2D eigenvalue weighted by Crippen LogP contribution is 2.19. The van der Waals surface area contributed by atoms with E-state index in [0.717, 1.165) is 17.9 Å². The molecule has 4 nitrogen and oxygen atoms in total. The van der Waals surface area contributed by atoms with Crippen molar-refractivity contribution in [1.82, 2.24) is 5.16 Å². The van der Waals surface area contributed by atoms with Crippen molar-refractivity contribution in [2.24, 2.45) is 0 Å². The van der Waals surface area contributed by atoms with Crippen molar-refractivity contribution < 1.29 is 9.32 Å². The highest BCUT2D eigenvalue weighted by molar-refractivity contribution is 7.99. The number of rotatable bonds is 6. The Morgan fingerprint density at radius 2 is 2.05 bits per heavy atom. The summed E-state index contributed by atoms with van der Waals surface area (Å²) in [6.07, 6.45) is 1.32. The van der Waals surface area contributed by atoms with Crippen LogP contribution in [0.4, 0.5) is 5.88 Å². The number of nitrogens with one attached hydrogen (secondary N) is 1. The molecule has 1 aromatic carbocycles. The van der Waals surface area contributed by atoms with E-state index < -0.39 is 0 Å². The van der Waals surface area contributed by atoms with Gasteiger partial charge in [0, 0.05) is 17.4 Å². The Labute approximate surface area is 122 Å². The third-order valence-corrected chi connectivity index (χ3v) is 3.83. The van der Waals surface area contributed by atoms with E-state index in [9.17, 15) is 4.79 Å². The quantitative estimate of drug-likeness (QED) is 0.649. The Morgan fingerprint density at radius 3 is 2.70 bits per heavy atom. The molecule has 1 heterocycles. The monoisotopic (exact) mass is 290 g/mol. The fourth-order valence-corrected chi connectivity index (χ4v) is 2.53. The van der Waals surface area contributed by atoms with Gasteiger partial charge in [0.1, 0.15) is 0 Å². The van der Waals surface area contributed by atoms with E-state index in [2.05, 4.69) is 41.7 Å². The first kappa shape index (κ1) is 14.7. The molecule has 0 atom stereocenters. The summed E-state index contributed by atoms with van der Waals surface area (Å²) >= 11 is 1.77. The van der Waals surface area contributed by atoms with Crippen LogP contribution in [-0.2, 0) is 4.79 Å². The summed E-state index contributed by atoms with van der Waals surface area (Å²) in [5.41, 5.74) is 2.02. The lowest BCUT2D eigenvalue weighted by Gasteiger charge is -2.02. The third-order valence-electron chi connectivity index (χ3n) is 2.73. The highest BCUT2D eigenvalue weighted by Gasteiger charge is 2.06. The van der Waals surface area contributed by atoms with Crippen molar-refractivity contribution in [1.29, 1.82) is 0 Å². The summed E-state index contributed by atoms with van der Waals surface area (Å²) < 4.78 is 4.93. The zero-order valence-electron chi connectivity index (χ0n) is 11.7. The van der Waals surface area contributed by atoms with Gasteiger partial charge in [-0.1, -0.05) is 22.9 Å². The van der Waals surface area contributed by atoms with Crippen LogP contribution in [0.2, 0.25) is 0 Å². The minimum Gasteiger partial charge on any atom is -0.338 e. The second kappa shape index (κ2) is 7.14. The first-order chi connectivity index (χ1) is 9.63. The first-order valence-corrected chi connectivity index (χ1v) is 7.55. The van der Waals surface area contributed by atoms with Crippen LogP contribution in [0.3, 0.4) is 0 Å². The molecular weight excluding hydrogens is 272 g/mol. The van der Waals surface area contributed by atoms with Gasteiger partial charge in [-0.2, -0.15) is 0 Å². The number of aromatic nitrogens is 1. The lowest BCUT2D eigenvalue weighted by Crippen LogP contribution is -2.10. The number of benzene rings is 1.